The van der Waals surface area contributed by atoms with E-state index in [0.29, 0.717) is 18.4 Å². The summed E-state index contributed by atoms with van der Waals surface area (Å²) in [6.07, 6.45) is 6.51. The molecule has 4 bridgehead atoms. The van der Waals surface area contributed by atoms with Crippen molar-refractivity contribution in [2.75, 3.05) is 0 Å². The number of nitrogens with one attached hydrogen (secondary N) is 1. The average molecular weight is 550 g/mol. The van der Waals surface area contributed by atoms with Crippen molar-refractivity contribution in [3.05, 3.63) is 71.8 Å². The molecule has 0 unspecified atom stereocenters. The molecule has 0 spiro atoms. The van der Waals surface area contributed by atoms with Gasteiger partial charge in [0.25, 0.3) is 0 Å². The smallest absolute Gasteiger partial charge is 0.303 e. The molecule has 6 rings (SSSR count). The third kappa shape index (κ3) is 4.23. The Labute approximate surface area is 236 Å². The minimum atomic E-state index is -3.66. The molecule has 2 aromatic carbocycles. The Morgan fingerprint density at radius 2 is 1.23 bits per heavy atom. The quantitative estimate of drug-likeness (QED) is 0.317. The highest BCUT2D eigenvalue weighted by atomic mass is 31.2. The van der Waals surface area contributed by atoms with Gasteiger partial charge in [0, 0.05) is 6.54 Å². The van der Waals surface area contributed by atoms with Crippen LogP contribution in [0, 0.1) is 33.5 Å². The largest absolute Gasteiger partial charge is 0.352 e. The number of fused-ring (bicyclic) bond motifs is 4. The molecule has 39 heavy (non-hydrogen) atoms. The van der Waals surface area contributed by atoms with Gasteiger partial charge in [-0.05, 0) is 83.1 Å². The van der Waals surface area contributed by atoms with E-state index in [1.54, 1.807) is 0 Å². The topological polar surface area (TPSA) is 47.6 Å². The molecule has 5 heteroatoms. The summed E-state index contributed by atoms with van der Waals surface area (Å²) in [6.45, 7) is 14.9. The van der Waals surface area contributed by atoms with Gasteiger partial charge in [0.05, 0.1) is 12.2 Å². The molecule has 4 saturated carbocycles. The third-order valence-corrected chi connectivity index (χ3v) is 15.0. The molecule has 0 aliphatic heterocycles. The number of rotatable bonds is 9. The van der Waals surface area contributed by atoms with Crippen LogP contribution >= 0.6 is 7.60 Å². The molecule has 4 aliphatic carbocycles. The van der Waals surface area contributed by atoms with Gasteiger partial charge >= 0.3 is 7.60 Å². The zero-order valence-corrected chi connectivity index (χ0v) is 25.7. The van der Waals surface area contributed by atoms with Gasteiger partial charge in [-0.3, -0.25) is 9.88 Å². The lowest BCUT2D eigenvalue weighted by Gasteiger charge is -2.44. The molecule has 4 nitrogen and oxygen atoms in total. The van der Waals surface area contributed by atoms with Crippen molar-refractivity contribution < 1.29 is 13.6 Å². The summed E-state index contributed by atoms with van der Waals surface area (Å²) >= 11 is 0. The number of hydrogen-bond acceptors (Lipinski definition) is 4. The first-order chi connectivity index (χ1) is 18.4. The van der Waals surface area contributed by atoms with Gasteiger partial charge in [-0.2, -0.15) is 0 Å². The summed E-state index contributed by atoms with van der Waals surface area (Å²) in [5, 5.41) is 3.68. The normalized spacial score (nSPS) is 36.9. The monoisotopic (exact) mass is 549 g/mol. The van der Waals surface area contributed by atoms with Gasteiger partial charge in [-0.1, -0.05) is 102 Å². The van der Waals surface area contributed by atoms with Gasteiger partial charge in [-0.15, -0.1) is 0 Å². The molecule has 4 fully saturated rings. The molecular weight excluding hydrogens is 501 g/mol. The fourth-order valence-corrected chi connectivity index (χ4v) is 11.4. The van der Waals surface area contributed by atoms with Crippen molar-refractivity contribution in [3.63, 3.8) is 0 Å². The van der Waals surface area contributed by atoms with Crippen LogP contribution in [0.5, 0.6) is 0 Å². The summed E-state index contributed by atoms with van der Waals surface area (Å²) in [4.78, 5) is 0. The molecule has 212 valence electrons. The van der Waals surface area contributed by atoms with Crippen molar-refractivity contribution in [2.45, 2.75) is 105 Å². The summed E-state index contributed by atoms with van der Waals surface area (Å²) in [6, 6.07) is 20.6. The Morgan fingerprint density at radius 1 is 0.769 bits per heavy atom. The van der Waals surface area contributed by atoms with Crippen molar-refractivity contribution in [1.29, 1.82) is 0 Å². The van der Waals surface area contributed by atoms with Crippen LogP contribution in [0.25, 0.3) is 0 Å². The fraction of sp³-hybridized carbons (Fsp3) is 0.647. The van der Waals surface area contributed by atoms with E-state index >= 15 is 4.57 Å². The highest BCUT2D eigenvalue weighted by Gasteiger charge is 2.66. The summed E-state index contributed by atoms with van der Waals surface area (Å²) in [7, 11) is -3.66. The van der Waals surface area contributed by atoms with E-state index in [-0.39, 0.29) is 33.9 Å². The van der Waals surface area contributed by atoms with Crippen molar-refractivity contribution in [2.24, 2.45) is 33.5 Å². The standard InChI is InChI=1S/C34H48NO3P/c1-31(2)26-17-19-33(31,5)28(21-26)37-39(36,38-29-22-27-18-20-34(29,6)32(27,3)4)30(25-15-11-8-12-16-25)35-23-24-13-9-7-10-14-24/h7-16,26-30,35H,17-23H2,1-6H3/t26-,27-,28-,29-,30-,33+,34+/m1/s1. The molecule has 1 N–H and O–H groups in total. The minimum Gasteiger partial charge on any atom is -0.303 e. The van der Waals surface area contributed by atoms with Crippen molar-refractivity contribution >= 4 is 7.60 Å². The van der Waals surface area contributed by atoms with Gasteiger partial charge in [0.1, 0.15) is 5.78 Å². The highest BCUT2D eigenvalue weighted by Crippen LogP contribution is 2.74. The average Bonchev–Trinajstić information content (AvgIpc) is 3.42. The Kier molecular flexibility index (Phi) is 6.78. The first kappa shape index (κ1) is 27.7. The van der Waals surface area contributed by atoms with Gasteiger partial charge < -0.3 is 9.05 Å². The zero-order chi connectivity index (χ0) is 27.7. The summed E-state index contributed by atoms with van der Waals surface area (Å²) in [5.41, 5.74) is 2.46. The van der Waals surface area contributed by atoms with Crippen molar-refractivity contribution in [1.82, 2.24) is 5.32 Å². The second-order valence-electron chi connectivity index (χ2n) is 14.6. The van der Waals surface area contributed by atoms with Gasteiger partial charge in [-0.25, -0.2) is 0 Å². The summed E-state index contributed by atoms with van der Waals surface area (Å²) in [5.74, 6) is 0.676. The van der Waals surface area contributed by atoms with E-state index in [0.717, 1.165) is 36.8 Å². The Hall–Kier alpha value is -1.45. The van der Waals surface area contributed by atoms with Crippen LogP contribution in [-0.2, 0) is 20.2 Å². The molecular formula is C34H48NO3P. The summed E-state index contributed by atoms with van der Waals surface area (Å²) < 4.78 is 29.7. The molecule has 2 aromatic rings. The van der Waals surface area contributed by atoms with E-state index in [9.17, 15) is 0 Å². The van der Waals surface area contributed by atoms with Crippen LogP contribution in [0.2, 0.25) is 0 Å². The molecule has 0 radical (unpaired) electrons. The van der Waals surface area contributed by atoms with Crippen LogP contribution in [0.1, 0.15) is 97.0 Å². The fourth-order valence-electron chi connectivity index (χ4n) is 8.94. The zero-order valence-electron chi connectivity index (χ0n) is 24.8. The van der Waals surface area contributed by atoms with E-state index in [4.69, 9.17) is 9.05 Å². The molecule has 0 amide bonds. The Morgan fingerprint density at radius 3 is 1.64 bits per heavy atom. The predicted octanol–water partition coefficient (Wildman–Crippen LogP) is 9.13. The van der Waals surface area contributed by atoms with Crippen molar-refractivity contribution in [3.8, 4) is 0 Å². The minimum absolute atomic E-state index is 0.00475. The lowest BCUT2D eigenvalue weighted by Crippen LogP contribution is -2.40. The predicted molar refractivity (Wildman–Crippen MR) is 158 cm³/mol. The third-order valence-electron chi connectivity index (χ3n) is 12.8. The van der Waals surface area contributed by atoms with Crippen LogP contribution in [0.3, 0.4) is 0 Å². The SMILES string of the molecule is CC1(C)[C@@H]2CC[C@@]1(C)[C@H](OP(=O)(O[C@@H]1C[C@H]3CC[C@]1(C)C3(C)C)[C@@H](NCc1ccccc1)c1ccccc1)C2. The van der Waals surface area contributed by atoms with Gasteiger partial charge in [0.15, 0.2) is 0 Å². The second-order valence-corrected chi connectivity index (χ2v) is 16.6. The lowest BCUT2D eigenvalue weighted by atomic mass is 9.70. The first-order valence-corrected chi connectivity index (χ1v) is 16.8. The maximum Gasteiger partial charge on any atom is 0.352 e. The van der Waals surface area contributed by atoms with E-state index in [1.807, 2.05) is 24.3 Å². The molecule has 0 saturated heterocycles. The Balaban J connectivity index is 1.38. The second kappa shape index (κ2) is 9.55. The highest BCUT2D eigenvalue weighted by molar-refractivity contribution is 7.54. The number of hydrogen-bond donors (Lipinski definition) is 1. The number of benzene rings is 2. The molecule has 4 aliphatic rings. The Bertz CT molecular complexity index is 1180. The maximum atomic E-state index is 15.6. The van der Waals surface area contributed by atoms with E-state index in [1.165, 1.54) is 12.8 Å². The van der Waals surface area contributed by atoms with Crippen LogP contribution < -0.4 is 5.32 Å². The maximum absolute atomic E-state index is 15.6. The van der Waals surface area contributed by atoms with Crippen LogP contribution in [-0.4, -0.2) is 12.2 Å². The van der Waals surface area contributed by atoms with Gasteiger partial charge in [0.2, 0.25) is 0 Å². The molecule has 0 aromatic heterocycles. The van der Waals surface area contributed by atoms with E-state index in [2.05, 4.69) is 83.3 Å². The molecule has 7 atom stereocenters. The van der Waals surface area contributed by atoms with Crippen LogP contribution in [0.4, 0.5) is 0 Å². The first-order valence-electron chi connectivity index (χ1n) is 15.2. The molecule has 0 heterocycles. The van der Waals surface area contributed by atoms with Crippen LogP contribution in [0.15, 0.2) is 60.7 Å². The van der Waals surface area contributed by atoms with E-state index < -0.39 is 13.4 Å². The lowest BCUT2D eigenvalue weighted by molar-refractivity contribution is -0.0174.